The molecule has 0 saturated heterocycles. The van der Waals surface area contributed by atoms with Crippen LogP contribution in [0.1, 0.15) is 0 Å². The third-order valence-corrected chi connectivity index (χ3v) is 1.53. The van der Waals surface area contributed by atoms with Crippen LogP contribution < -0.4 is 0 Å². The summed E-state index contributed by atoms with van der Waals surface area (Å²) in [6.45, 7) is -0.273. The molecule has 1 rings (SSSR count). The first kappa shape index (κ1) is 10.7. The van der Waals surface area contributed by atoms with E-state index in [1.54, 1.807) is 0 Å². The molecule has 2 unspecified atom stereocenters. The molecular formula is C8H10O6. The summed E-state index contributed by atoms with van der Waals surface area (Å²) in [5.74, 6) is -1.68. The van der Waals surface area contributed by atoms with Crippen molar-refractivity contribution in [1.82, 2.24) is 0 Å². The van der Waals surface area contributed by atoms with Gasteiger partial charge in [0.25, 0.3) is 0 Å². The minimum atomic E-state index is -1.46. The van der Waals surface area contributed by atoms with Crippen LogP contribution >= 0.6 is 0 Å². The Morgan fingerprint density at radius 1 is 1.00 bits per heavy atom. The number of hydrogen-bond acceptors (Lipinski definition) is 6. The van der Waals surface area contributed by atoms with Crippen LogP contribution in [0.3, 0.4) is 0 Å². The van der Waals surface area contributed by atoms with Crippen molar-refractivity contribution in [3.05, 3.63) is 12.2 Å². The molecule has 0 amide bonds. The van der Waals surface area contributed by atoms with E-state index in [1.807, 2.05) is 0 Å². The Labute approximate surface area is 79.7 Å². The zero-order valence-electron chi connectivity index (χ0n) is 7.25. The van der Waals surface area contributed by atoms with Crippen LogP contribution in [0.25, 0.3) is 0 Å². The maximum absolute atomic E-state index is 10.9. The molecule has 1 aliphatic rings. The van der Waals surface area contributed by atoms with Gasteiger partial charge in [-0.05, 0) is 12.2 Å². The van der Waals surface area contributed by atoms with Gasteiger partial charge in [0.2, 0.25) is 0 Å². The molecule has 0 aliphatic carbocycles. The molecular weight excluding hydrogens is 192 g/mol. The minimum absolute atomic E-state index is 0.137. The van der Waals surface area contributed by atoms with Gasteiger partial charge in [0.1, 0.15) is 13.2 Å². The Bertz CT molecular complexity index is 233. The van der Waals surface area contributed by atoms with Crippen molar-refractivity contribution in [3.8, 4) is 0 Å². The van der Waals surface area contributed by atoms with E-state index in [4.69, 9.17) is 10.2 Å². The molecule has 6 heteroatoms. The molecule has 0 aromatic heterocycles. The van der Waals surface area contributed by atoms with Gasteiger partial charge in [-0.3, -0.25) is 0 Å². The number of rotatable bonds is 0. The smallest absolute Gasteiger partial charge is 0.339 e. The summed E-state index contributed by atoms with van der Waals surface area (Å²) in [5.41, 5.74) is 0. The van der Waals surface area contributed by atoms with Gasteiger partial charge >= 0.3 is 11.9 Å². The Hall–Kier alpha value is -1.40. The van der Waals surface area contributed by atoms with Gasteiger partial charge in [-0.15, -0.1) is 0 Å². The first-order valence-electron chi connectivity index (χ1n) is 3.99. The van der Waals surface area contributed by atoms with Gasteiger partial charge in [0, 0.05) is 0 Å². The number of aliphatic hydroxyl groups excluding tert-OH is 2. The highest BCUT2D eigenvalue weighted by atomic mass is 16.6. The Balaban J connectivity index is 2.69. The molecule has 1 heterocycles. The predicted molar refractivity (Wildman–Crippen MR) is 43.1 cm³/mol. The normalized spacial score (nSPS) is 31.6. The molecule has 2 N–H and O–H groups in total. The molecule has 0 spiro atoms. The fraction of sp³-hybridized carbons (Fsp3) is 0.500. The van der Waals surface area contributed by atoms with E-state index in [2.05, 4.69) is 9.47 Å². The summed E-state index contributed by atoms with van der Waals surface area (Å²) in [6, 6.07) is 0. The van der Waals surface area contributed by atoms with Gasteiger partial charge < -0.3 is 19.7 Å². The second-order valence-corrected chi connectivity index (χ2v) is 2.61. The first-order valence-corrected chi connectivity index (χ1v) is 3.99. The van der Waals surface area contributed by atoms with E-state index in [1.165, 1.54) is 0 Å². The van der Waals surface area contributed by atoms with Crippen LogP contribution in [0.4, 0.5) is 0 Å². The van der Waals surface area contributed by atoms with Crippen molar-refractivity contribution < 1.29 is 29.3 Å². The highest BCUT2D eigenvalue weighted by molar-refractivity contribution is 5.79. The predicted octanol–water partition coefficient (Wildman–Crippen LogP) is -1.64. The van der Waals surface area contributed by atoms with E-state index in [0.717, 1.165) is 12.2 Å². The van der Waals surface area contributed by atoms with E-state index >= 15 is 0 Å². The maximum Gasteiger partial charge on any atom is 0.339 e. The van der Waals surface area contributed by atoms with Gasteiger partial charge in [-0.1, -0.05) is 0 Å². The van der Waals surface area contributed by atoms with Crippen LogP contribution in [-0.4, -0.2) is 47.6 Å². The van der Waals surface area contributed by atoms with Gasteiger partial charge in [-0.25, -0.2) is 9.59 Å². The first-order chi connectivity index (χ1) is 6.61. The van der Waals surface area contributed by atoms with Crippen molar-refractivity contribution in [2.45, 2.75) is 12.2 Å². The van der Waals surface area contributed by atoms with Crippen molar-refractivity contribution in [2.24, 2.45) is 0 Å². The van der Waals surface area contributed by atoms with E-state index in [9.17, 15) is 9.59 Å². The summed E-state index contributed by atoms with van der Waals surface area (Å²) in [7, 11) is 0. The molecule has 0 fully saturated rings. The lowest BCUT2D eigenvalue weighted by Crippen LogP contribution is -2.28. The summed E-state index contributed by atoms with van der Waals surface area (Å²) >= 11 is 0. The molecule has 0 bridgehead atoms. The minimum Gasteiger partial charge on any atom is -0.460 e. The monoisotopic (exact) mass is 202 g/mol. The molecule has 14 heavy (non-hydrogen) atoms. The van der Waals surface area contributed by atoms with E-state index in [0.29, 0.717) is 0 Å². The van der Waals surface area contributed by atoms with Crippen molar-refractivity contribution in [3.63, 3.8) is 0 Å². The Morgan fingerprint density at radius 3 is 1.71 bits per heavy atom. The zero-order chi connectivity index (χ0) is 10.6. The number of hydrogen-bond donors (Lipinski definition) is 2. The molecule has 1 aliphatic heterocycles. The molecule has 6 nitrogen and oxygen atoms in total. The largest absolute Gasteiger partial charge is 0.460 e. The fourth-order valence-corrected chi connectivity index (χ4v) is 0.823. The summed E-state index contributed by atoms with van der Waals surface area (Å²) < 4.78 is 9.03. The SMILES string of the molecule is O=C1OCCOC(=O)C(O)/C=C\C1O. The number of ether oxygens (including phenoxy) is 2. The van der Waals surface area contributed by atoms with Gasteiger partial charge in [-0.2, -0.15) is 0 Å². The van der Waals surface area contributed by atoms with Crippen LogP contribution in [-0.2, 0) is 19.1 Å². The quantitative estimate of drug-likeness (QED) is 0.361. The van der Waals surface area contributed by atoms with Crippen LogP contribution in [0, 0.1) is 0 Å². The second kappa shape index (κ2) is 4.73. The molecule has 0 saturated carbocycles. The van der Waals surface area contributed by atoms with Crippen molar-refractivity contribution >= 4 is 11.9 Å². The lowest BCUT2D eigenvalue weighted by molar-refractivity contribution is -0.160. The lowest BCUT2D eigenvalue weighted by atomic mass is 10.2. The van der Waals surface area contributed by atoms with Crippen LogP contribution in [0.15, 0.2) is 12.2 Å². The number of aliphatic hydroxyl groups is 2. The highest BCUT2D eigenvalue weighted by Gasteiger charge is 2.19. The second-order valence-electron chi connectivity index (χ2n) is 2.61. The summed E-state index contributed by atoms with van der Waals surface area (Å²) in [6.07, 6.45) is -0.981. The Morgan fingerprint density at radius 2 is 1.36 bits per heavy atom. The molecule has 78 valence electrons. The third-order valence-electron chi connectivity index (χ3n) is 1.53. The average Bonchev–Trinajstić information content (AvgIpc) is 2.18. The van der Waals surface area contributed by atoms with Gasteiger partial charge in [0.05, 0.1) is 0 Å². The molecule has 2 atom stereocenters. The molecule has 0 aromatic rings. The summed E-state index contributed by atoms with van der Waals surface area (Å²) in [5, 5.41) is 18.2. The average molecular weight is 202 g/mol. The molecule has 0 radical (unpaired) electrons. The number of esters is 2. The van der Waals surface area contributed by atoms with Crippen LogP contribution in [0.5, 0.6) is 0 Å². The highest BCUT2D eigenvalue weighted by Crippen LogP contribution is 1.99. The third kappa shape index (κ3) is 2.82. The van der Waals surface area contributed by atoms with Crippen molar-refractivity contribution in [1.29, 1.82) is 0 Å². The zero-order valence-corrected chi connectivity index (χ0v) is 7.25. The number of cyclic esters (lactones) is 2. The number of carbonyl (C=O) groups is 2. The van der Waals surface area contributed by atoms with E-state index in [-0.39, 0.29) is 13.2 Å². The summed E-state index contributed by atoms with van der Waals surface area (Å²) in [4.78, 5) is 21.7. The number of carbonyl (C=O) groups excluding carboxylic acids is 2. The Kier molecular flexibility index (Phi) is 3.61. The van der Waals surface area contributed by atoms with Crippen molar-refractivity contribution in [2.75, 3.05) is 13.2 Å². The lowest BCUT2D eigenvalue weighted by Gasteiger charge is -2.12. The maximum atomic E-state index is 10.9. The fourth-order valence-electron chi connectivity index (χ4n) is 0.823. The standard InChI is InChI=1S/C8H10O6/c9-5-1-2-6(10)8(12)14-4-3-13-7(5)11/h1-2,5-6,9-10H,3-4H2/b2-1-. The molecule has 0 aromatic carbocycles. The topological polar surface area (TPSA) is 93.1 Å². The van der Waals surface area contributed by atoms with Crippen LogP contribution in [0.2, 0.25) is 0 Å². The van der Waals surface area contributed by atoms with E-state index < -0.39 is 24.1 Å². The van der Waals surface area contributed by atoms with Gasteiger partial charge in [0.15, 0.2) is 12.2 Å².